The lowest BCUT2D eigenvalue weighted by Gasteiger charge is -2.33. The third kappa shape index (κ3) is 2.35. The Morgan fingerprint density at radius 2 is 2.00 bits per heavy atom. The predicted molar refractivity (Wildman–Crippen MR) is 53.1 cm³/mol. The molecule has 1 aromatic rings. The lowest BCUT2D eigenvalue weighted by molar-refractivity contribution is -0.263. The van der Waals surface area contributed by atoms with Crippen LogP contribution in [-0.2, 0) is 9.47 Å². The highest BCUT2D eigenvalue weighted by Gasteiger charge is 2.30. The molecule has 0 spiro atoms. The highest BCUT2D eigenvalue weighted by molar-refractivity contribution is 5.16. The Balaban J connectivity index is 2.06. The summed E-state index contributed by atoms with van der Waals surface area (Å²) in [7, 11) is 0. The van der Waals surface area contributed by atoms with Gasteiger partial charge in [-0.15, -0.1) is 0 Å². The minimum absolute atomic E-state index is 0.185. The average Bonchev–Trinajstić information content (AvgIpc) is 2.31. The molecule has 1 aliphatic rings. The first-order valence-corrected chi connectivity index (χ1v) is 4.92. The molecular formula is C11H14O4. The number of ether oxygens (including phenoxy) is 2. The van der Waals surface area contributed by atoms with Gasteiger partial charge in [0.1, 0.15) is 12.2 Å². The van der Waals surface area contributed by atoms with Crippen LogP contribution >= 0.6 is 0 Å². The minimum atomic E-state index is -0.755. The van der Waals surface area contributed by atoms with Gasteiger partial charge in [0, 0.05) is 5.56 Å². The summed E-state index contributed by atoms with van der Waals surface area (Å²) in [5.74, 6) is 0. The van der Waals surface area contributed by atoms with Gasteiger partial charge in [-0.3, -0.25) is 0 Å². The smallest absolute Gasteiger partial charge is 0.184 e. The van der Waals surface area contributed by atoms with Crippen LogP contribution in [0.4, 0.5) is 0 Å². The van der Waals surface area contributed by atoms with Crippen molar-refractivity contribution in [3.05, 3.63) is 35.9 Å². The molecule has 4 nitrogen and oxygen atoms in total. The van der Waals surface area contributed by atoms with Gasteiger partial charge in [0.2, 0.25) is 0 Å². The van der Waals surface area contributed by atoms with Crippen molar-refractivity contribution < 1.29 is 19.7 Å². The standard InChI is InChI=1S/C11H14O4/c12-6-10-9(13)7-14-11(15-10)8-4-2-1-3-5-8/h1-5,9-13H,6-7H2/t9-,10+,11-/m0/s1. The second-order valence-corrected chi connectivity index (χ2v) is 3.50. The van der Waals surface area contributed by atoms with Crippen molar-refractivity contribution in [1.82, 2.24) is 0 Å². The molecule has 2 rings (SSSR count). The second-order valence-electron chi connectivity index (χ2n) is 3.50. The molecule has 2 N–H and O–H groups in total. The molecule has 3 atom stereocenters. The summed E-state index contributed by atoms with van der Waals surface area (Å²) in [6.45, 7) is -0.0152. The van der Waals surface area contributed by atoms with Crippen LogP contribution in [0.15, 0.2) is 30.3 Å². The fraction of sp³-hybridized carbons (Fsp3) is 0.455. The third-order valence-electron chi connectivity index (χ3n) is 2.40. The van der Waals surface area contributed by atoms with Crippen LogP contribution in [0.25, 0.3) is 0 Å². The molecule has 1 heterocycles. The van der Waals surface area contributed by atoms with Crippen molar-refractivity contribution in [3.63, 3.8) is 0 Å². The Morgan fingerprint density at radius 1 is 1.27 bits per heavy atom. The normalized spacial score (nSPS) is 31.5. The molecule has 1 saturated heterocycles. The molecule has 0 unspecified atom stereocenters. The van der Waals surface area contributed by atoms with E-state index in [2.05, 4.69) is 0 Å². The predicted octanol–water partition coefficient (Wildman–Crippen LogP) is 0.454. The van der Waals surface area contributed by atoms with E-state index in [4.69, 9.17) is 14.6 Å². The van der Waals surface area contributed by atoms with Gasteiger partial charge in [-0.05, 0) is 0 Å². The van der Waals surface area contributed by atoms with Crippen molar-refractivity contribution in [2.75, 3.05) is 13.2 Å². The van der Waals surface area contributed by atoms with Gasteiger partial charge >= 0.3 is 0 Å². The second kappa shape index (κ2) is 4.72. The van der Waals surface area contributed by atoms with Crippen molar-refractivity contribution >= 4 is 0 Å². The molecule has 0 aromatic heterocycles. The zero-order chi connectivity index (χ0) is 10.7. The summed E-state index contributed by atoms with van der Waals surface area (Å²) in [5.41, 5.74) is 0.892. The minimum Gasteiger partial charge on any atom is -0.394 e. The molecule has 0 saturated carbocycles. The maximum Gasteiger partial charge on any atom is 0.184 e. The molecule has 0 bridgehead atoms. The van der Waals surface area contributed by atoms with Gasteiger partial charge in [0.05, 0.1) is 13.2 Å². The molecule has 1 fully saturated rings. The highest BCUT2D eigenvalue weighted by Crippen LogP contribution is 2.25. The molecule has 82 valence electrons. The molecule has 1 aliphatic heterocycles. The number of benzene rings is 1. The molecule has 15 heavy (non-hydrogen) atoms. The zero-order valence-electron chi connectivity index (χ0n) is 8.24. The Labute approximate surface area is 88.1 Å². The van der Waals surface area contributed by atoms with E-state index in [0.717, 1.165) is 5.56 Å². The quantitative estimate of drug-likeness (QED) is 0.744. The molecule has 1 aromatic carbocycles. The van der Waals surface area contributed by atoms with E-state index in [-0.39, 0.29) is 13.2 Å². The molecule has 0 amide bonds. The van der Waals surface area contributed by atoms with Gasteiger partial charge in [-0.1, -0.05) is 30.3 Å². The van der Waals surface area contributed by atoms with Crippen LogP contribution in [0.1, 0.15) is 11.9 Å². The summed E-state index contributed by atoms with van der Waals surface area (Å²) >= 11 is 0. The molecule has 0 radical (unpaired) electrons. The van der Waals surface area contributed by atoms with Crippen molar-refractivity contribution in [3.8, 4) is 0 Å². The molecular weight excluding hydrogens is 196 g/mol. The SMILES string of the molecule is OC[C@H]1O[C@@H](c2ccccc2)OC[C@@H]1O. The lowest BCUT2D eigenvalue weighted by Crippen LogP contribution is -2.42. The maximum absolute atomic E-state index is 9.42. The van der Waals surface area contributed by atoms with Gasteiger partial charge in [-0.25, -0.2) is 0 Å². The number of aliphatic hydroxyl groups is 2. The summed E-state index contributed by atoms with van der Waals surface area (Å²) in [5, 5.41) is 18.4. The first-order valence-electron chi connectivity index (χ1n) is 4.92. The largest absolute Gasteiger partial charge is 0.394 e. The van der Waals surface area contributed by atoms with Gasteiger partial charge < -0.3 is 19.7 Å². The first-order chi connectivity index (χ1) is 7.31. The monoisotopic (exact) mass is 210 g/mol. The van der Waals surface area contributed by atoms with E-state index in [9.17, 15) is 5.11 Å². The fourth-order valence-electron chi connectivity index (χ4n) is 1.53. The van der Waals surface area contributed by atoms with Crippen LogP contribution in [0, 0.1) is 0 Å². The Bertz CT molecular complexity index is 301. The van der Waals surface area contributed by atoms with E-state index in [1.807, 2.05) is 30.3 Å². The lowest BCUT2D eigenvalue weighted by atomic mass is 10.1. The van der Waals surface area contributed by atoms with Crippen LogP contribution < -0.4 is 0 Å². The average molecular weight is 210 g/mol. The first kappa shape index (κ1) is 10.6. The van der Waals surface area contributed by atoms with Gasteiger partial charge in [-0.2, -0.15) is 0 Å². The van der Waals surface area contributed by atoms with Crippen LogP contribution in [0.2, 0.25) is 0 Å². The topological polar surface area (TPSA) is 58.9 Å². The van der Waals surface area contributed by atoms with E-state index < -0.39 is 18.5 Å². The van der Waals surface area contributed by atoms with Gasteiger partial charge in [0.15, 0.2) is 6.29 Å². The summed E-state index contributed by atoms with van der Waals surface area (Å²) < 4.78 is 10.7. The maximum atomic E-state index is 9.42. The Morgan fingerprint density at radius 3 is 2.67 bits per heavy atom. The van der Waals surface area contributed by atoms with Crippen molar-refractivity contribution in [2.24, 2.45) is 0 Å². The van der Waals surface area contributed by atoms with Crippen LogP contribution in [-0.4, -0.2) is 35.6 Å². The molecule has 0 aliphatic carbocycles. The van der Waals surface area contributed by atoms with E-state index in [1.165, 1.54) is 0 Å². The van der Waals surface area contributed by atoms with Gasteiger partial charge in [0.25, 0.3) is 0 Å². The fourth-order valence-corrected chi connectivity index (χ4v) is 1.53. The Kier molecular flexibility index (Phi) is 3.33. The van der Waals surface area contributed by atoms with E-state index in [0.29, 0.717) is 0 Å². The highest BCUT2D eigenvalue weighted by atomic mass is 16.7. The summed E-state index contributed by atoms with van der Waals surface area (Å²) in [4.78, 5) is 0. The number of hydrogen-bond acceptors (Lipinski definition) is 4. The third-order valence-corrected chi connectivity index (χ3v) is 2.40. The Hall–Kier alpha value is -0.940. The van der Waals surface area contributed by atoms with E-state index >= 15 is 0 Å². The van der Waals surface area contributed by atoms with Crippen LogP contribution in [0.5, 0.6) is 0 Å². The molecule has 4 heteroatoms. The van der Waals surface area contributed by atoms with Crippen molar-refractivity contribution in [2.45, 2.75) is 18.5 Å². The summed E-state index contributed by atoms with van der Waals surface area (Å²) in [6, 6.07) is 9.46. The summed E-state index contributed by atoms with van der Waals surface area (Å²) in [6.07, 6.45) is -1.81. The van der Waals surface area contributed by atoms with E-state index in [1.54, 1.807) is 0 Å². The number of rotatable bonds is 2. The number of hydrogen-bond donors (Lipinski definition) is 2. The van der Waals surface area contributed by atoms with Crippen molar-refractivity contribution in [1.29, 1.82) is 0 Å². The van der Waals surface area contributed by atoms with Crippen LogP contribution in [0.3, 0.4) is 0 Å². The number of aliphatic hydroxyl groups excluding tert-OH is 2. The zero-order valence-corrected chi connectivity index (χ0v) is 8.24.